The summed E-state index contributed by atoms with van der Waals surface area (Å²) in [6.45, 7) is 8.47. The van der Waals surface area contributed by atoms with Gasteiger partial charge in [0.1, 0.15) is 0 Å². The Morgan fingerprint density at radius 3 is 2.41 bits per heavy atom. The fraction of sp³-hybridized carbons (Fsp3) is 0.588. The molecule has 0 unspecified atom stereocenters. The van der Waals surface area contributed by atoms with Crippen molar-refractivity contribution in [3.63, 3.8) is 0 Å². The highest BCUT2D eigenvalue weighted by atomic mass is 32.2. The fourth-order valence-corrected chi connectivity index (χ4v) is 3.81. The number of hydrogen-bond acceptors (Lipinski definition) is 3. The molecule has 1 aromatic rings. The van der Waals surface area contributed by atoms with Crippen molar-refractivity contribution in [1.82, 2.24) is 4.83 Å². The van der Waals surface area contributed by atoms with Crippen molar-refractivity contribution >= 4 is 15.7 Å². The first-order valence-electron chi connectivity index (χ1n) is 7.94. The number of aryl methyl sites for hydroxylation is 1. The maximum atomic E-state index is 12.3. The third-order valence-corrected chi connectivity index (χ3v) is 5.63. The molecule has 0 heterocycles. The summed E-state index contributed by atoms with van der Waals surface area (Å²) in [6, 6.07) is 6.81. The van der Waals surface area contributed by atoms with Gasteiger partial charge in [-0.3, -0.25) is 0 Å². The molecular formula is C17H26N2O2S. The number of hydrazone groups is 1. The first-order valence-corrected chi connectivity index (χ1v) is 9.43. The quantitative estimate of drug-likeness (QED) is 0.859. The van der Waals surface area contributed by atoms with Gasteiger partial charge >= 0.3 is 0 Å². The molecule has 1 N–H and O–H groups in total. The van der Waals surface area contributed by atoms with E-state index in [1.807, 2.05) is 6.92 Å². The van der Waals surface area contributed by atoms with Crippen LogP contribution < -0.4 is 4.83 Å². The molecule has 1 aromatic carbocycles. The van der Waals surface area contributed by atoms with Gasteiger partial charge < -0.3 is 0 Å². The molecule has 0 aliphatic heterocycles. The van der Waals surface area contributed by atoms with Gasteiger partial charge in [0, 0.05) is 11.6 Å². The summed E-state index contributed by atoms with van der Waals surface area (Å²) >= 11 is 0. The van der Waals surface area contributed by atoms with Gasteiger partial charge in [-0.1, -0.05) is 38.5 Å². The summed E-state index contributed by atoms with van der Waals surface area (Å²) in [7, 11) is -3.58. The molecule has 1 saturated carbocycles. The van der Waals surface area contributed by atoms with E-state index in [9.17, 15) is 8.42 Å². The maximum absolute atomic E-state index is 12.3. The minimum absolute atomic E-state index is 0.257. The predicted molar refractivity (Wildman–Crippen MR) is 90.3 cm³/mol. The minimum atomic E-state index is -3.58. The first kappa shape index (κ1) is 17.0. The lowest BCUT2D eigenvalue weighted by Gasteiger charge is -2.30. The molecule has 4 nitrogen and oxygen atoms in total. The van der Waals surface area contributed by atoms with Gasteiger partial charge in [0.05, 0.1) is 4.90 Å². The maximum Gasteiger partial charge on any atom is 0.276 e. The number of rotatable bonds is 4. The zero-order valence-electron chi connectivity index (χ0n) is 13.8. The van der Waals surface area contributed by atoms with E-state index in [-0.39, 0.29) is 4.90 Å². The highest BCUT2D eigenvalue weighted by Gasteiger charge is 2.27. The van der Waals surface area contributed by atoms with E-state index in [2.05, 4.69) is 30.7 Å². The third-order valence-electron chi connectivity index (χ3n) is 4.40. The van der Waals surface area contributed by atoms with Crippen LogP contribution in [0.15, 0.2) is 34.3 Å². The van der Waals surface area contributed by atoms with E-state index in [1.54, 1.807) is 24.3 Å². The summed E-state index contributed by atoms with van der Waals surface area (Å²) in [5, 5.41) is 4.29. The Kier molecular flexibility index (Phi) is 5.27. The van der Waals surface area contributed by atoms with Gasteiger partial charge in [-0.2, -0.15) is 13.5 Å². The van der Waals surface area contributed by atoms with E-state index >= 15 is 0 Å². The average molecular weight is 322 g/mol. The van der Waals surface area contributed by atoms with Crippen LogP contribution in [0.2, 0.25) is 0 Å². The summed E-state index contributed by atoms with van der Waals surface area (Å²) in [6.07, 6.45) is 3.15. The molecule has 0 radical (unpaired) electrons. The number of benzene rings is 1. The van der Waals surface area contributed by atoms with Crippen LogP contribution >= 0.6 is 0 Å². The van der Waals surface area contributed by atoms with Crippen LogP contribution in [-0.4, -0.2) is 14.1 Å². The molecule has 1 aliphatic carbocycles. The molecule has 1 aliphatic rings. The second-order valence-electron chi connectivity index (χ2n) is 6.75. The van der Waals surface area contributed by atoms with Crippen molar-refractivity contribution in [2.75, 3.05) is 0 Å². The minimum Gasteiger partial charge on any atom is -0.200 e. The number of nitrogens with zero attached hydrogens (tertiary/aromatic N) is 1. The Hall–Kier alpha value is -1.36. The van der Waals surface area contributed by atoms with Crippen LogP contribution in [0.3, 0.4) is 0 Å². The summed E-state index contributed by atoms with van der Waals surface area (Å²) in [5.41, 5.74) is 2.02. The zero-order valence-corrected chi connectivity index (χ0v) is 14.7. The van der Waals surface area contributed by atoms with Gasteiger partial charge in [-0.25, -0.2) is 4.83 Å². The molecule has 0 saturated heterocycles. The van der Waals surface area contributed by atoms with Crippen LogP contribution in [-0.2, 0) is 10.0 Å². The van der Waals surface area contributed by atoms with E-state index in [0.717, 1.165) is 24.1 Å². The normalized spacial score (nSPS) is 24.7. The first-order chi connectivity index (χ1) is 10.3. The molecule has 2 atom stereocenters. The Labute approximate surface area is 134 Å². The largest absolute Gasteiger partial charge is 0.276 e. The van der Waals surface area contributed by atoms with Crippen molar-refractivity contribution in [3.8, 4) is 0 Å². The van der Waals surface area contributed by atoms with Crippen LogP contribution in [0.5, 0.6) is 0 Å². The second-order valence-corrected chi connectivity index (χ2v) is 8.41. The van der Waals surface area contributed by atoms with Crippen molar-refractivity contribution in [3.05, 3.63) is 29.8 Å². The SMILES string of the molecule is Cc1ccc(S(=O)(=O)N/N=C2/C[C@H](C)CC[C@H]2C(C)C)cc1. The Morgan fingerprint density at radius 2 is 1.82 bits per heavy atom. The van der Waals surface area contributed by atoms with Crippen LogP contribution in [0, 0.1) is 24.7 Å². The van der Waals surface area contributed by atoms with E-state index in [4.69, 9.17) is 0 Å². The Bertz CT molecular complexity index is 633. The molecule has 0 amide bonds. The lowest BCUT2D eigenvalue weighted by Crippen LogP contribution is -2.31. The molecule has 122 valence electrons. The van der Waals surface area contributed by atoms with Crippen LogP contribution in [0.4, 0.5) is 0 Å². The van der Waals surface area contributed by atoms with Crippen molar-refractivity contribution in [2.45, 2.75) is 51.9 Å². The molecular weight excluding hydrogens is 296 g/mol. The third kappa shape index (κ3) is 4.09. The van der Waals surface area contributed by atoms with E-state index < -0.39 is 10.0 Å². The number of nitrogens with one attached hydrogen (secondary N) is 1. The lowest BCUT2D eigenvalue weighted by molar-refractivity contribution is 0.363. The van der Waals surface area contributed by atoms with Gasteiger partial charge in [-0.05, 0) is 50.2 Å². The predicted octanol–water partition coefficient (Wildman–Crippen LogP) is 3.72. The highest BCUT2D eigenvalue weighted by molar-refractivity contribution is 7.89. The van der Waals surface area contributed by atoms with Crippen LogP contribution in [0.1, 0.15) is 45.6 Å². The van der Waals surface area contributed by atoms with Crippen molar-refractivity contribution < 1.29 is 8.42 Å². The standard InChI is InChI=1S/C17H26N2O2S/c1-12(2)16-10-7-14(4)11-17(16)18-19-22(20,21)15-8-5-13(3)6-9-15/h5-6,8-9,12,14,16,19H,7,10-11H2,1-4H3/b18-17-/t14-,16+/m1/s1. The summed E-state index contributed by atoms with van der Waals surface area (Å²) in [5.74, 6) is 1.42. The Morgan fingerprint density at radius 1 is 1.18 bits per heavy atom. The topological polar surface area (TPSA) is 58.5 Å². The van der Waals surface area contributed by atoms with E-state index in [1.165, 1.54) is 6.42 Å². The van der Waals surface area contributed by atoms with Gasteiger partial charge in [-0.15, -0.1) is 0 Å². The lowest BCUT2D eigenvalue weighted by atomic mass is 9.76. The zero-order chi connectivity index (χ0) is 16.3. The molecule has 1 fully saturated rings. The Balaban J connectivity index is 2.19. The smallest absolute Gasteiger partial charge is 0.200 e. The number of hydrogen-bond donors (Lipinski definition) is 1. The van der Waals surface area contributed by atoms with Crippen LogP contribution in [0.25, 0.3) is 0 Å². The molecule has 22 heavy (non-hydrogen) atoms. The molecule has 5 heteroatoms. The van der Waals surface area contributed by atoms with Crippen molar-refractivity contribution in [2.24, 2.45) is 22.9 Å². The average Bonchev–Trinajstić information content (AvgIpc) is 2.45. The van der Waals surface area contributed by atoms with Gasteiger partial charge in [0.2, 0.25) is 0 Å². The van der Waals surface area contributed by atoms with E-state index in [0.29, 0.717) is 17.8 Å². The van der Waals surface area contributed by atoms with Crippen molar-refractivity contribution in [1.29, 1.82) is 0 Å². The fourth-order valence-electron chi connectivity index (χ4n) is 2.98. The summed E-state index contributed by atoms with van der Waals surface area (Å²) < 4.78 is 24.7. The molecule has 0 spiro atoms. The monoisotopic (exact) mass is 322 g/mol. The molecule has 0 aromatic heterocycles. The second kappa shape index (κ2) is 6.82. The molecule has 2 rings (SSSR count). The van der Waals surface area contributed by atoms with Gasteiger partial charge in [0.25, 0.3) is 10.0 Å². The summed E-state index contributed by atoms with van der Waals surface area (Å²) in [4.78, 5) is 2.69. The highest BCUT2D eigenvalue weighted by Crippen LogP contribution is 2.31. The number of sulfonamides is 1. The molecule has 0 bridgehead atoms. The van der Waals surface area contributed by atoms with Gasteiger partial charge in [0.15, 0.2) is 0 Å².